The first-order valence-corrected chi connectivity index (χ1v) is 6.30. The zero-order valence-corrected chi connectivity index (χ0v) is 10.9. The first kappa shape index (κ1) is 14.1. The minimum absolute atomic E-state index is 0.745. The van der Waals surface area contributed by atoms with E-state index >= 15 is 0 Å². The summed E-state index contributed by atoms with van der Waals surface area (Å²) in [6, 6.07) is 18.3. The van der Waals surface area contributed by atoms with Crippen LogP contribution in [-0.4, -0.2) is 22.6 Å². The molecule has 2 aromatic rings. The number of aliphatic hydroxyl groups is 2. The molecule has 0 aromatic heterocycles. The molecule has 2 aromatic carbocycles. The molecule has 0 bridgehead atoms. The molecule has 4 heteroatoms. The monoisotopic (exact) mass is 268 g/mol. The van der Waals surface area contributed by atoms with Gasteiger partial charge in [0.05, 0.1) is 12.4 Å². The van der Waals surface area contributed by atoms with Crippen LogP contribution in [-0.2, 0) is 0 Å². The van der Waals surface area contributed by atoms with E-state index in [4.69, 9.17) is 0 Å². The van der Waals surface area contributed by atoms with Gasteiger partial charge in [-0.2, -0.15) is 10.2 Å². The summed E-state index contributed by atoms with van der Waals surface area (Å²) in [7, 11) is 0. The smallest absolute Gasteiger partial charge is 0.116 e. The fourth-order valence-electron chi connectivity index (χ4n) is 1.68. The van der Waals surface area contributed by atoms with Gasteiger partial charge >= 0.3 is 0 Å². The van der Waals surface area contributed by atoms with Crippen LogP contribution in [0.3, 0.4) is 0 Å². The molecule has 0 aliphatic rings. The first-order valence-electron chi connectivity index (χ1n) is 6.30. The molecule has 0 saturated heterocycles. The minimum Gasteiger partial charge on any atom is -0.383 e. The van der Waals surface area contributed by atoms with Crippen molar-refractivity contribution in [1.29, 1.82) is 0 Å². The topological polar surface area (TPSA) is 65.2 Å². The summed E-state index contributed by atoms with van der Waals surface area (Å²) in [4.78, 5) is 0. The van der Waals surface area contributed by atoms with Crippen LogP contribution in [0.5, 0.6) is 0 Å². The normalized spacial score (nSPS) is 14.7. The lowest BCUT2D eigenvalue weighted by atomic mass is 10.1. The van der Waals surface area contributed by atoms with Crippen molar-refractivity contribution in [3.8, 4) is 0 Å². The largest absolute Gasteiger partial charge is 0.383 e. The Balaban J connectivity index is 1.91. The zero-order valence-electron chi connectivity index (χ0n) is 10.9. The third-order valence-corrected chi connectivity index (χ3v) is 2.76. The Hall–Kier alpha value is -2.30. The van der Waals surface area contributed by atoms with E-state index in [1.807, 2.05) is 36.4 Å². The Morgan fingerprint density at radius 2 is 1.00 bits per heavy atom. The van der Waals surface area contributed by atoms with Crippen LogP contribution in [0, 0.1) is 0 Å². The number of nitrogens with zero attached hydrogens (tertiary/aromatic N) is 2. The summed E-state index contributed by atoms with van der Waals surface area (Å²) >= 11 is 0. The van der Waals surface area contributed by atoms with Crippen LogP contribution in [0.25, 0.3) is 0 Å². The van der Waals surface area contributed by atoms with Crippen LogP contribution in [0.4, 0.5) is 0 Å². The van der Waals surface area contributed by atoms with E-state index in [0.717, 1.165) is 11.1 Å². The average molecular weight is 268 g/mol. The fourth-order valence-corrected chi connectivity index (χ4v) is 1.68. The van der Waals surface area contributed by atoms with Crippen molar-refractivity contribution in [3.63, 3.8) is 0 Å². The quantitative estimate of drug-likeness (QED) is 0.646. The van der Waals surface area contributed by atoms with Crippen molar-refractivity contribution in [2.75, 3.05) is 0 Å². The zero-order chi connectivity index (χ0) is 14.2. The van der Waals surface area contributed by atoms with Gasteiger partial charge in [-0.3, -0.25) is 0 Å². The maximum Gasteiger partial charge on any atom is 0.116 e. The van der Waals surface area contributed by atoms with Gasteiger partial charge in [-0.05, 0) is 11.1 Å². The van der Waals surface area contributed by atoms with Gasteiger partial charge in [0.25, 0.3) is 0 Å². The van der Waals surface area contributed by atoms with Gasteiger partial charge in [-0.15, -0.1) is 0 Å². The molecule has 2 rings (SSSR count). The van der Waals surface area contributed by atoms with Gasteiger partial charge < -0.3 is 10.2 Å². The second kappa shape index (κ2) is 7.33. The van der Waals surface area contributed by atoms with Gasteiger partial charge in [0.1, 0.15) is 12.2 Å². The van der Waals surface area contributed by atoms with E-state index in [-0.39, 0.29) is 0 Å². The van der Waals surface area contributed by atoms with Crippen LogP contribution in [0.15, 0.2) is 70.9 Å². The van der Waals surface area contributed by atoms with E-state index in [1.54, 1.807) is 24.3 Å². The van der Waals surface area contributed by atoms with E-state index in [0.29, 0.717) is 0 Å². The molecule has 0 aliphatic heterocycles. The lowest BCUT2D eigenvalue weighted by Crippen LogP contribution is -1.99. The standard InChI is InChI=1S/C16H16N2O2/c19-15(13-7-3-1-4-8-13)11-17-18-12-16(20)14-9-5-2-6-10-14/h1-12,15-16,19-20H/b17-11+,18-12+/t15-,16-/m0/s1. The molecule has 2 N–H and O–H groups in total. The van der Waals surface area contributed by atoms with Crippen molar-refractivity contribution in [2.45, 2.75) is 12.2 Å². The first-order chi connectivity index (χ1) is 9.77. The van der Waals surface area contributed by atoms with Crippen LogP contribution in [0.2, 0.25) is 0 Å². The summed E-state index contributed by atoms with van der Waals surface area (Å²) in [5.41, 5.74) is 1.49. The second-order valence-electron chi connectivity index (χ2n) is 4.24. The van der Waals surface area contributed by atoms with Gasteiger partial charge in [0, 0.05) is 0 Å². The Bertz CT molecular complexity index is 514. The Morgan fingerprint density at radius 3 is 1.35 bits per heavy atom. The van der Waals surface area contributed by atoms with E-state index < -0.39 is 12.2 Å². The van der Waals surface area contributed by atoms with Crippen LogP contribution in [0.1, 0.15) is 23.3 Å². The van der Waals surface area contributed by atoms with Gasteiger partial charge in [0.2, 0.25) is 0 Å². The van der Waals surface area contributed by atoms with Crippen LogP contribution >= 0.6 is 0 Å². The molecule has 0 amide bonds. The number of hydrogen-bond acceptors (Lipinski definition) is 4. The van der Waals surface area contributed by atoms with Crippen molar-refractivity contribution in [3.05, 3.63) is 71.8 Å². The SMILES string of the molecule is O[C@@H](/C=N/N=C/[C@H](O)c1ccccc1)c1ccccc1. The fraction of sp³-hybridized carbons (Fsp3) is 0.125. The Morgan fingerprint density at radius 1 is 0.650 bits per heavy atom. The number of aliphatic hydroxyl groups excluding tert-OH is 2. The highest BCUT2D eigenvalue weighted by molar-refractivity contribution is 5.69. The lowest BCUT2D eigenvalue weighted by molar-refractivity contribution is 0.250. The summed E-state index contributed by atoms with van der Waals surface area (Å²) in [5, 5.41) is 27.1. The molecule has 0 fully saturated rings. The maximum atomic E-state index is 9.82. The molecule has 0 spiro atoms. The van der Waals surface area contributed by atoms with Crippen LogP contribution < -0.4 is 0 Å². The summed E-state index contributed by atoms with van der Waals surface area (Å²) in [6.07, 6.45) is 1.04. The number of rotatable bonds is 5. The summed E-state index contributed by atoms with van der Waals surface area (Å²) in [6.45, 7) is 0. The number of hydrogen-bond donors (Lipinski definition) is 2. The van der Waals surface area contributed by atoms with Crippen molar-refractivity contribution in [2.24, 2.45) is 10.2 Å². The molecule has 2 atom stereocenters. The molecule has 20 heavy (non-hydrogen) atoms. The molecule has 0 saturated carbocycles. The third kappa shape index (κ3) is 4.12. The van der Waals surface area contributed by atoms with Gasteiger partial charge in [0.15, 0.2) is 0 Å². The second-order valence-corrected chi connectivity index (χ2v) is 4.24. The molecular weight excluding hydrogens is 252 g/mol. The molecule has 0 aliphatic carbocycles. The highest BCUT2D eigenvalue weighted by atomic mass is 16.3. The Kier molecular flexibility index (Phi) is 5.17. The van der Waals surface area contributed by atoms with Crippen molar-refractivity contribution >= 4 is 12.4 Å². The highest BCUT2D eigenvalue weighted by Crippen LogP contribution is 2.10. The lowest BCUT2D eigenvalue weighted by Gasteiger charge is -2.04. The van der Waals surface area contributed by atoms with Crippen molar-refractivity contribution < 1.29 is 10.2 Å². The predicted octanol–water partition coefficient (Wildman–Crippen LogP) is 2.51. The predicted molar refractivity (Wildman–Crippen MR) is 79.8 cm³/mol. The summed E-state index contributed by atoms with van der Waals surface area (Å²) in [5.74, 6) is 0. The van der Waals surface area contributed by atoms with E-state index in [1.165, 1.54) is 12.4 Å². The highest BCUT2D eigenvalue weighted by Gasteiger charge is 2.03. The average Bonchev–Trinajstić information content (AvgIpc) is 2.53. The molecular formula is C16H16N2O2. The third-order valence-electron chi connectivity index (χ3n) is 2.76. The van der Waals surface area contributed by atoms with E-state index in [2.05, 4.69) is 10.2 Å². The minimum atomic E-state index is -0.804. The molecule has 0 heterocycles. The Labute approximate surface area is 117 Å². The molecule has 0 radical (unpaired) electrons. The van der Waals surface area contributed by atoms with Gasteiger partial charge in [-0.1, -0.05) is 60.7 Å². The van der Waals surface area contributed by atoms with E-state index in [9.17, 15) is 10.2 Å². The maximum absolute atomic E-state index is 9.82. The van der Waals surface area contributed by atoms with Crippen molar-refractivity contribution in [1.82, 2.24) is 0 Å². The molecule has 0 unspecified atom stereocenters. The molecule has 102 valence electrons. The number of benzene rings is 2. The molecule has 4 nitrogen and oxygen atoms in total. The van der Waals surface area contributed by atoms with Gasteiger partial charge in [-0.25, -0.2) is 0 Å². The summed E-state index contributed by atoms with van der Waals surface area (Å²) < 4.78 is 0.